The summed E-state index contributed by atoms with van der Waals surface area (Å²) in [6, 6.07) is 8.79. The molecule has 1 aliphatic heterocycles. The van der Waals surface area contributed by atoms with Gasteiger partial charge in [-0.1, -0.05) is 16.8 Å². The molecule has 1 aliphatic rings. The first-order valence-corrected chi connectivity index (χ1v) is 10.2. The number of rotatable bonds is 5. The second kappa shape index (κ2) is 7.88. The van der Waals surface area contributed by atoms with Crippen LogP contribution in [0, 0.1) is 12.1 Å². The number of hydrogen-bond acceptors (Lipinski definition) is 8. The molecule has 1 fully saturated rings. The van der Waals surface area contributed by atoms with Crippen LogP contribution in [0.3, 0.4) is 0 Å². The Morgan fingerprint density at radius 2 is 2.19 bits per heavy atom. The molecule has 1 saturated heterocycles. The van der Waals surface area contributed by atoms with Crippen molar-refractivity contribution in [1.82, 2.24) is 25.3 Å². The van der Waals surface area contributed by atoms with E-state index in [1.165, 1.54) is 12.4 Å². The third-order valence-corrected chi connectivity index (χ3v) is 5.28. The number of halogens is 1. The highest BCUT2D eigenvalue weighted by molar-refractivity contribution is 6.29. The van der Waals surface area contributed by atoms with Crippen LogP contribution in [0.15, 0.2) is 47.2 Å². The van der Waals surface area contributed by atoms with Gasteiger partial charge in [0.25, 0.3) is 0 Å². The molecule has 0 aliphatic carbocycles. The number of nitrogens with one attached hydrogen (secondary N) is 2. The summed E-state index contributed by atoms with van der Waals surface area (Å²) in [6.07, 6.45) is 4.70. The molecule has 10 nitrogen and oxygen atoms in total. The Balaban J connectivity index is 1.42. The van der Waals surface area contributed by atoms with Crippen LogP contribution in [0.4, 0.5) is 17.6 Å². The summed E-state index contributed by atoms with van der Waals surface area (Å²) in [5.74, 6) is 2.39. The first-order valence-electron chi connectivity index (χ1n) is 9.81. The fourth-order valence-corrected chi connectivity index (χ4v) is 3.88. The molecule has 11 heteroatoms. The highest BCUT2D eigenvalue weighted by atomic mass is 35.5. The molecule has 0 amide bonds. The minimum Gasteiger partial charge on any atom is -0.619 e. The summed E-state index contributed by atoms with van der Waals surface area (Å²) in [7, 11) is 0. The normalized spacial score (nSPS) is 16.1. The van der Waals surface area contributed by atoms with E-state index in [1.807, 2.05) is 25.1 Å². The van der Waals surface area contributed by atoms with Crippen molar-refractivity contribution in [2.45, 2.75) is 25.8 Å². The lowest BCUT2D eigenvalue weighted by atomic mass is 10.1. The first kappa shape index (κ1) is 19.3. The second-order valence-electron chi connectivity index (χ2n) is 7.36. The number of hydrogen-bond donors (Lipinski definition) is 2. The van der Waals surface area contributed by atoms with Gasteiger partial charge in [-0.25, -0.2) is 4.98 Å². The van der Waals surface area contributed by atoms with Crippen molar-refractivity contribution < 1.29 is 9.25 Å². The summed E-state index contributed by atoms with van der Waals surface area (Å²) in [4.78, 5) is 11.1. The van der Waals surface area contributed by atoms with Gasteiger partial charge < -0.3 is 19.9 Å². The Bertz CT molecular complexity index is 1220. The number of aryl methyl sites for hydroxylation is 1. The Kier molecular flexibility index (Phi) is 4.91. The summed E-state index contributed by atoms with van der Waals surface area (Å²) in [6.45, 7) is 2.68. The largest absolute Gasteiger partial charge is 0.619 e. The molecule has 158 valence electrons. The first-order chi connectivity index (χ1) is 15.0. The van der Waals surface area contributed by atoms with E-state index in [2.05, 4.69) is 35.5 Å². The standard InChI is InChI=1S/C20H19ClN8O2/c1-12-8-19(26-25-12)23-18-10-17(21)22-20(24-18)29-7-3-5-15(29)16-9-14(27-31-16)13-4-2-6-28(30)11-13/h2,4,6,8-11,15H,3,5,7H2,1H3,(H2,22,23,24,25,26). The maximum Gasteiger partial charge on any atom is 0.229 e. The Morgan fingerprint density at radius 1 is 1.29 bits per heavy atom. The zero-order chi connectivity index (χ0) is 21.4. The van der Waals surface area contributed by atoms with E-state index in [4.69, 9.17) is 16.1 Å². The molecule has 0 spiro atoms. The lowest BCUT2D eigenvalue weighted by Crippen LogP contribution is -2.24. The van der Waals surface area contributed by atoms with Crippen molar-refractivity contribution >= 4 is 29.2 Å². The van der Waals surface area contributed by atoms with Crippen LogP contribution in [0.2, 0.25) is 5.15 Å². The Morgan fingerprint density at radius 3 is 3.00 bits per heavy atom. The fourth-order valence-electron chi connectivity index (χ4n) is 3.70. The smallest absolute Gasteiger partial charge is 0.229 e. The highest BCUT2D eigenvalue weighted by Gasteiger charge is 2.32. The van der Waals surface area contributed by atoms with Gasteiger partial charge in [0.2, 0.25) is 5.95 Å². The van der Waals surface area contributed by atoms with Crippen molar-refractivity contribution in [3.8, 4) is 11.3 Å². The van der Waals surface area contributed by atoms with E-state index >= 15 is 0 Å². The summed E-state index contributed by atoms with van der Waals surface area (Å²) in [5, 5.41) is 26.2. The molecular weight excluding hydrogens is 420 g/mol. The van der Waals surface area contributed by atoms with Gasteiger partial charge in [-0.2, -0.15) is 14.8 Å². The molecule has 31 heavy (non-hydrogen) atoms. The molecular formula is C20H19ClN8O2. The van der Waals surface area contributed by atoms with Crippen LogP contribution >= 0.6 is 11.6 Å². The average Bonchev–Trinajstić information content (AvgIpc) is 3.48. The lowest BCUT2D eigenvalue weighted by molar-refractivity contribution is -0.604. The van der Waals surface area contributed by atoms with Crippen LogP contribution in [-0.2, 0) is 0 Å². The molecule has 5 heterocycles. The minimum absolute atomic E-state index is 0.0803. The summed E-state index contributed by atoms with van der Waals surface area (Å²) >= 11 is 6.28. The van der Waals surface area contributed by atoms with Crippen LogP contribution < -0.4 is 14.9 Å². The monoisotopic (exact) mass is 438 g/mol. The van der Waals surface area contributed by atoms with Gasteiger partial charge in [0.15, 0.2) is 24.0 Å². The van der Waals surface area contributed by atoms with Gasteiger partial charge in [0, 0.05) is 36.5 Å². The molecule has 0 radical (unpaired) electrons. The van der Waals surface area contributed by atoms with Crippen molar-refractivity contribution in [2.24, 2.45) is 0 Å². The van der Waals surface area contributed by atoms with E-state index in [1.54, 1.807) is 12.1 Å². The van der Waals surface area contributed by atoms with E-state index < -0.39 is 0 Å². The van der Waals surface area contributed by atoms with Crippen LogP contribution in [0.1, 0.15) is 30.3 Å². The third kappa shape index (κ3) is 4.02. The predicted molar refractivity (Wildman–Crippen MR) is 114 cm³/mol. The number of anilines is 3. The molecule has 1 unspecified atom stereocenters. The molecule has 5 rings (SSSR count). The Labute approximate surface area is 182 Å². The van der Waals surface area contributed by atoms with Gasteiger partial charge in [-0.3, -0.25) is 5.10 Å². The highest BCUT2D eigenvalue weighted by Crippen LogP contribution is 2.36. The maximum atomic E-state index is 11.6. The number of pyridine rings is 1. The zero-order valence-electron chi connectivity index (χ0n) is 16.6. The van der Waals surface area contributed by atoms with Crippen molar-refractivity contribution in [3.05, 3.63) is 64.5 Å². The van der Waals surface area contributed by atoms with Crippen molar-refractivity contribution in [3.63, 3.8) is 0 Å². The van der Waals surface area contributed by atoms with E-state index in [9.17, 15) is 5.21 Å². The molecule has 0 saturated carbocycles. The van der Waals surface area contributed by atoms with Crippen LogP contribution in [-0.4, -0.2) is 31.9 Å². The van der Waals surface area contributed by atoms with Crippen LogP contribution in [0.25, 0.3) is 11.3 Å². The number of aromatic nitrogens is 6. The average molecular weight is 439 g/mol. The summed E-state index contributed by atoms with van der Waals surface area (Å²) in [5.41, 5.74) is 2.23. The number of H-pyrrole nitrogens is 1. The predicted octanol–water partition coefficient (Wildman–Crippen LogP) is 3.54. The second-order valence-corrected chi connectivity index (χ2v) is 7.74. The van der Waals surface area contributed by atoms with Gasteiger partial charge >= 0.3 is 0 Å². The summed E-state index contributed by atoms with van der Waals surface area (Å²) < 4.78 is 6.37. The van der Waals surface area contributed by atoms with Gasteiger partial charge in [0.05, 0.1) is 11.6 Å². The Hall–Kier alpha value is -3.66. The van der Waals surface area contributed by atoms with Crippen molar-refractivity contribution in [2.75, 3.05) is 16.8 Å². The third-order valence-electron chi connectivity index (χ3n) is 5.08. The van der Waals surface area contributed by atoms with Crippen LogP contribution in [0.5, 0.6) is 0 Å². The molecule has 2 N–H and O–H groups in total. The quantitative estimate of drug-likeness (QED) is 0.275. The van der Waals surface area contributed by atoms with Gasteiger partial charge in [0.1, 0.15) is 16.7 Å². The molecule has 0 aromatic carbocycles. The molecule has 0 bridgehead atoms. The van der Waals surface area contributed by atoms with E-state index in [0.717, 1.165) is 29.8 Å². The molecule has 4 aromatic rings. The molecule has 1 atom stereocenters. The van der Waals surface area contributed by atoms with Gasteiger partial charge in [-0.15, -0.1) is 0 Å². The lowest BCUT2D eigenvalue weighted by Gasteiger charge is -2.23. The number of aromatic amines is 1. The molecule has 4 aromatic heterocycles. The van der Waals surface area contributed by atoms with E-state index in [0.29, 0.717) is 39.8 Å². The van der Waals surface area contributed by atoms with Gasteiger partial charge in [-0.05, 0) is 25.8 Å². The zero-order valence-corrected chi connectivity index (χ0v) is 17.4. The SMILES string of the molecule is Cc1cc(Nc2cc(Cl)nc(N3CCCC3c3cc(-c4ccc[n+]([O-])c4)no3)n2)n[nH]1. The van der Waals surface area contributed by atoms with E-state index in [-0.39, 0.29) is 6.04 Å². The topological polar surface area (TPSA) is 123 Å². The maximum absolute atomic E-state index is 11.6. The minimum atomic E-state index is -0.0803. The number of nitrogens with zero attached hydrogens (tertiary/aromatic N) is 6. The fraction of sp³-hybridized carbons (Fsp3) is 0.250. The van der Waals surface area contributed by atoms with Crippen molar-refractivity contribution in [1.29, 1.82) is 0 Å².